The lowest BCUT2D eigenvalue weighted by Crippen LogP contribution is -2.14. The summed E-state index contributed by atoms with van der Waals surface area (Å²) in [4.78, 5) is 16.1. The summed E-state index contributed by atoms with van der Waals surface area (Å²) >= 11 is 1.20. The first kappa shape index (κ1) is 17.1. The number of nitrogens with one attached hydrogen (secondary N) is 1. The highest BCUT2D eigenvalue weighted by Crippen LogP contribution is 2.21. The molecule has 0 aliphatic carbocycles. The van der Waals surface area contributed by atoms with Crippen molar-refractivity contribution in [2.24, 2.45) is 0 Å². The van der Waals surface area contributed by atoms with Gasteiger partial charge in [-0.2, -0.15) is 0 Å². The number of hydrogen-bond acceptors (Lipinski definition) is 4. The Morgan fingerprint density at radius 2 is 1.84 bits per heavy atom. The number of alkyl halides is 2. The second-order valence-electron chi connectivity index (χ2n) is 5.07. The number of carbonyl (C=O) groups excluding carboxylic acids is 1. The Morgan fingerprint density at radius 1 is 1.12 bits per heavy atom. The molecule has 128 valence electrons. The third-order valence-electron chi connectivity index (χ3n) is 3.27. The van der Waals surface area contributed by atoms with E-state index >= 15 is 0 Å². The topological polar surface area (TPSA) is 59.8 Å². The Kier molecular flexibility index (Phi) is 5.39. The van der Waals surface area contributed by atoms with Crippen LogP contribution >= 0.6 is 11.8 Å². The molecule has 25 heavy (non-hydrogen) atoms. The second-order valence-corrected chi connectivity index (χ2v) is 6.01. The number of rotatable bonds is 6. The molecule has 1 aromatic heterocycles. The molecule has 1 heterocycles. The van der Waals surface area contributed by atoms with Gasteiger partial charge in [-0.05, 0) is 24.3 Å². The molecule has 0 bridgehead atoms. The summed E-state index contributed by atoms with van der Waals surface area (Å²) in [6, 6.07) is 15.0. The average Bonchev–Trinajstić information content (AvgIpc) is 3.10. The number of anilines is 1. The summed E-state index contributed by atoms with van der Waals surface area (Å²) in [5.74, 6) is -0.138. The number of halogens is 2. The predicted octanol–water partition coefficient (Wildman–Crippen LogP) is 3.94. The second kappa shape index (κ2) is 7.89. The summed E-state index contributed by atoms with van der Waals surface area (Å²) in [5, 5.41) is 7.42. The van der Waals surface area contributed by atoms with Crippen molar-refractivity contribution in [3.05, 3.63) is 66.5 Å². The van der Waals surface area contributed by atoms with Gasteiger partial charge in [-0.1, -0.05) is 42.1 Å². The maximum Gasteiger partial charge on any atom is 0.263 e. The molecule has 0 spiro atoms. The van der Waals surface area contributed by atoms with E-state index in [-0.39, 0.29) is 17.2 Å². The summed E-state index contributed by atoms with van der Waals surface area (Å²) in [6.07, 6.45) is -0.940. The monoisotopic (exact) mass is 360 g/mol. The Balaban J connectivity index is 1.53. The van der Waals surface area contributed by atoms with E-state index < -0.39 is 6.43 Å². The first-order valence-corrected chi connectivity index (χ1v) is 8.38. The van der Waals surface area contributed by atoms with E-state index in [4.69, 9.17) is 0 Å². The molecule has 0 unspecified atom stereocenters. The van der Waals surface area contributed by atoms with E-state index in [1.165, 1.54) is 36.0 Å². The molecule has 2 aromatic carbocycles. The van der Waals surface area contributed by atoms with Crippen LogP contribution in [0.3, 0.4) is 0 Å². The molecule has 0 aliphatic rings. The lowest BCUT2D eigenvalue weighted by atomic mass is 10.2. The Hall–Kier alpha value is -2.74. The van der Waals surface area contributed by atoms with Crippen LogP contribution in [0.2, 0.25) is 0 Å². The van der Waals surface area contributed by atoms with E-state index in [1.807, 2.05) is 30.3 Å². The van der Waals surface area contributed by atoms with Gasteiger partial charge in [0.25, 0.3) is 6.43 Å². The van der Waals surface area contributed by atoms with Gasteiger partial charge >= 0.3 is 0 Å². The smallest absolute Gasteiger partial charge is 0.263 e. The van der Waals surface area contributed by atoms with Crippen molar-refractivity contribution in [2.45, 2.75) is 11.6 Å². The minimum atomic E-state index is -2.52. The fourth-order valence-corrected chi connectivity index (χ4v) is 2.66. The summed E-state index contributed by atoms with van der Waals surface area (Å²) in [6.45, 7) is 0. The first-order chi connectivity index (χ1) is 12.1. The quantitative estimate of drug-likeness (QED) is 0.677. The third kappa shape index (κ3) is 4.63. The van der Waals surface area contributed by atoms with E-state index in [0.29, 0.717) is 10.8 Å². The largest absolute Gasteiger partial charge is 0.325 e. The zero-order chi connectivity index (χ0) is 17.6. The average molecular weight is 360 g/mol. The van der Waals surface area contributed by atoms with Gasteiger partial charge in [-0.25, -0.2) is 18.4 Å². The molecule has 0 saturated heterocycles. The van der Waals surface area contributed by atoms with Crippen molar-refractivity contribution in [3.8, 4) is 5.69 Å². The lowest BCUT2D eigenvalue weighted by molar-refractivity contribution is -0.113. The van der Waals surface area contributed by atoms with E-state index in [0.717, 1.165) is 5.69 Å². The first-order valence-electron chi connectivity index (χ1n) is 7.39. The fraction of sp³-hybridized carbons (Fsp3) is 0.118. The van der Waals surface area contributed by atoms with Gasteiger partial charge in [0.2, 0.25) is 11.1 Å². The van der Waals surface area contributed by atoms with Crippen LogP contribution < -0.4 is 5.32 Å². The van der Waals surface area contributed by atoms with Crippen LogP contribution in [-0.2, 0) is 4.79 Å². The van der Waals surface area contributed by atoms with Gasteiger partial charge in [-0.15, -0.1) is 5.10 Å². The van der Waals surface area contributed by atoms with Crippen LogP contribution in [0.15, 0.2) is 66.1 Å². The van der Waals surface area contributed by atoms with E-state index in [2.05, 4.69) is 15.4 Å². The Bertz CT molecular complexity index is 837. The highest BCUT2D eigenvalue weighted by atomic mass is 32.2. The molecule has 5 nitrogen and oxygen atoms in total. The zero-order valence-corrected chi connectivity index (χ0v) is 13.8. The molecule has 0 aliphatic heterocycles. The van der Waals surface area contributed by atoms with Crippen LogP contribution in [0.1, 0.15) is 12.0 Å². The van der Waals surface area contributed by atoms with Gasteiger partial charge < -0.3 is 5.32 Å². The maximum absolute atomic E-state index is 12.5. The lowest BCUT2D eigenvalue weighted by Gasteiger charge is -2.05. The van der Waals surface area contributed by atoms with Crippen LogP contribution in [0.25, 0.3) is 5.69 Å². The number of carbonyl (C=O) groups is 1. The number of hydrogen-bond donors (Lipinski definition) is 1. The molecule has 3 aromatic rings. The van der Waals surface area contributed by atoms with E-state index in [1.54, 1.807) is 11.0 Å². The molecular formula is C17H14F2N4OS. The molecular weight excluding hydrogens is 346 g/mol. The SMILES string of the molecule is O=C(CSc1ncn(-c2ccccc2)n1)Nc1ccc(C(F)F)cc1. The highest BCUT2D eigenvalue weighted by Gasteiger charge is 2.09. The number of thioether (sulfide) groups is 1. The van der Waals surface area contributed by atoms with Crippen molar-refractivity contribution in [1.29, 1.82) is 0 Å². The molecule has 0 saturated carbocycles. The van der Waals surface area contributed by atoms with Crippen molar-refractivity contribution in [3.63, 3.8) is 0 Å². The number of aromatic nitrogens is 3. The minimum Gasteiger partial charge on any atom is -0.325 e. The third-order valence-corrected chi connectivity index (χ3v) is 4.12. The Labute approximate surface area is 147 Å². The maximum atomic E-state index is 12.5. The molecule has 0 radical (unpaired) electrons. The van der Waals surface area contributed by atoms with E-state index in [9.17, 15) is 13.6 Å². The highest BCUT2D eigenvalue weighted by molar-refractivity contribution is 7.99. The number of amides is 1. The van der Waals surface area contributed by atoms with Crippen molar-refractivity contribution < 1.29 is 13.6 Å². The summed E-state index contributed by atoms with van der Waals surface area (Å²) in [5.41, 5.74) is 1.27. The van der Waals surface area contributed by atoms with Crippen molar-refractivity contribution in [1.82, 2.24) is 14.8 Å². The standard InChI is InChI=1S/C17H14F2N4OS/c18-16(19)12-6-8-13(9-7-12)21-15(24)10-25-17-20-11-23(22-17)14-4-2-1-3-5-14/h1-9,11,16H,10H2,(H,21,24). The normalized spacial score (nSPS) is 10.8. The van der Waals surface area contributed by atoms with Gasteiger partial charge in [0.1, 0.15) is 6.33 Å². The molecule has 0 fully saturated rings. The number of nitrogens with zero attached hydrogens (tertiary/aromatic N) is 3. The van der Waals surface area contributed by atoms with Gasteiger partial charge in [0.05, 0.1) is 11.4 Å². The summed E-state index contributed by atoms with van der Waals surface area (Å²) < 4.78 is 26.6. The molecule has 1 amide bonds. The van der Waals surface area contributed by atoms with Gasteiger partial charge in [0, 0.05) is 11.3 Å². The van der Waals surface area contributed by atoms with Crippen molar-refractivity contribution in [2.75, 3.05) is 11.1 Å². The van der Waals surface area contributed by atoms with Crippen LogP contribution in [-0.4, -0.2) is 26.4 Å². The molecule has 8 heteroatoms. The van der Waals surface area contributed by atoms with Crippen LogP contribution in [0.4, 0.5) is 14.5 Å². The Morgan fingerprint density at radius 3 is 2.52 bits per heavy atom. The molecule has 3 rings (SSSR count). The number of para-hydroxylation sites is 1. The minimum absolute atomic E-state index is 0.0805. The zero-order valence-electron chi connectivity index (χ0n) is 13.0. The fourth-order valence-electron chi connectivity index (χ4n) is 2.06. The molecule has 1 N–H and O–H groups in total. The van der Waals surface area contributed by atoms with Gasteiger partial charge in [0.15, 0.2) is 0 Å². The van der Waals surface area contributed by atoms with Crippen molar-refractivity contribution >= 4 is 23.4 Å². The molecule has 0 atom stereocenters. The number of benzene rings is 2. The van der Waals surface area contributed by atoms with Gasteiger partial charge in [-0.3, -0.25) is 4.79 Å². The van der Waals surface area contributed by atoms with Crippen LogP contribution in [0.5, 0.6) is 0 Å². The predicted molar refractivity (Wildman–Crippen MR) is 92.1 cm³/mol. The van der Waals surface area contributed by atoms with Crippen LogP contribution in [0, 0.1) is 0 Å². The summed E-state index contributed by atoms with van der Waals surface area (Å²) in [7, 11) is 0.